The standard InChI is InChI=1S/C20H21ClF2N2O2/c1-3-24-20(27)13(2)25(12-14-7-9-15(22)10-8-14)19(26)11-16-17(21)5-4-6-18(16)23/h4-10,13H,3,11-12H2,1-2H3,(H,24,27)/t13-/m0/s1. The second kappa shape index (κ2) is 9.46. The van der Waals surface area contributed by atoms with Gasteiger partial charge in [0, 0.05) is 23.7 Å². The molecule has 1 N–H and O–H groups in total. The van der Waals surface area contributed by atoms with Gasteiger partial charge in [0.1, 0.15) is 17.7 Å². The number of carbonyl (C=O) groups excluding carboxylic acids is 2. The zero-order valence-corrected chi connectivity index (χ0v) is 15.9. The summed E-state index contributed by atoms with van der Waals surface area (Å²) in [4.78, 5) is 26.5. The number of hydrogen-bond donors (Lipinski definition) is 1. The van der Waals surface area contributed by atoms with Gasteiger partial charge in [-0.1, -0.05) is 29.8 Å². The molecular formula is C20H21ClF2N2O2. The fourth-order valence-electron chi connectivity index (χ4n) is 2.65. The number of benzene rings is 2. The summed E-state index contributed by atoms with van der Waals surface area (Å²) < 4.78 is 27.2. The van der Waals surface area contributed by atoms with Crippen molar-refractivity contribution in [2.45, 2.75) is 32.9 Å². The van der Waals surface area contributed by atoms with Crippen molar-refractivity contribution in [2.24, 2.45) is 0 Å². The first kappa shape index (κ1) is 20.8. The lowest BCUT2D eigenvalue weighted by Crippen LogP contribution is -2.48. The van der Waals surface area contributed by atoms with Crippen molar-refractivity contribution >= 4 is 23.4 Å². The molecule has 0 spiro atoms. The van der Waals surface area contributed by atoms with Crippen molar-refractivity contribution < 1.29 is 18.4 Å². The van der Waals surface area contributed by atoms with Gasteiger partial charge in [0.05, 0.1) is 6.42 Å². The Morgan fingerprint density at radius 2 is 1.81 bits per heavy atom. The van der Waals surface area contributed by atoms with E-state index in [4.69, 9.17) is 11.6 Å². The normalized spacial score (nSPS) is 11.7. The first-order chi connectivity index (χ1) is 12.8. The van der Waals surface area contributed by atoms with Crippen LogP contribution in [0.3, 0.4) is 0 Å². The maximum absolute atomic E-state index is 14.0. The van der Waals surface area contributed by atoms with E-state index < -0.39 is 23.6 Å². The van der Waals surface area contributed by atoms with E-state index in [1.54, 1.807) is 13.8 Å². The van der Waals surface area contributed by atoms with Gasteiger partial charge in [0.15, 0.2) is 0 Å². The second-order valence-electron chi connectivity index (χ2n) is 6.10. The predicted molar refractivity (Wildman–Crippen MR) is 100 cm³/mol. The van der Waals surface area contributed by atoms with Crippen LogP contribution in [0, 0.1) is 11.6 Å². The molecule has 0 saturated carbocycles. The molecule has 4 nitrogen and oxygen atoms in total. The van der Waals surface area contributed by atoms with E-state index in [2.05, 4.69) is 5.32 Å². The van der Waals surface area contributed by atoms with Crippen molar-refractivity contribution in [1.82, 2.24) is 10.2 Å². The van der Waals surface area contributed by atoms with Crippen LogP contribution in [-0.4, -0.2) is 29.3 Å². The molecule has 2 aromatic rings. The first-order valence-electron chi connectivity index (χ1n) is 8.58. The molecule has 144 valence electrons. The highest BCUT2D eigenvalue weighted by Crippen LogP contribution is 2.21. The van der Waals surface area contributed by atoms with Gasteiger partial charge in [-0.15, -0.1) is 0 Å². The molecule has 2 amide bonds. The SMILES string of the molecule is CCNC(=O)[C@H](C)N(Cc1ccc(F)cc1)C(=O)Cc1c(F)cccc1Cl. The monoisotopic (exact) mass is 394 g/mol. The van der Waals surface area contributed by atoms with Crippen LogP contribution in [0.1, 0.15) is 25.0 Å². The first-order valence-corrected chi connectivity index (χ1v) is 8.95. The second-order valence-corrected chi connectivity index (χ2v) is 6.50. The number of halogens is 3. The molecule has 0 heterocycles. The minimum atomic E-state index is -0.784. The maximum atomic E-state index is 14.0. The Morgan fingerprint density at radius 1 is 1.15 bits per heavy atom. The van der Waals surface area contributed by atoms with E-state index in [-0.39, 0.29) is 29.5 Å². The summed E-state index contributed by atoms with van der Waals surface area (Å²) in [6.45, 7) is 3.87. The summed E-state index contributed by atoms with van der Waals surface area (Å²) in [7, 11) is 0. The largest absolute Gasteiger partial charge is 0.355 e. The van der Waals surface area contributed by atoms with Crippen LogP contribution < -0.4 is 5.32 Å². The number of amides is 2. The Balaban J connectivity index is 2.28. The van der Waals surface area contributed by atoms with E-state index in [1.165, 1.54) is 47.4 Å². The van der Waals surface area contributed by atoms with Crippen LogP contribution in [0.5, 0.6) is 0 Å². The van der Waals surface area contributed by atoms with Crippen molar-refractivity contribution in [3.8, 4) is 0 Å². The van der Waals surface area contributed by atoms with Crippen LogP contribution in [0.15, 0.2) is 42.5 Å². The Labute approximate surface area is 162 Å². The van der Waals surface area contributed by atoms with Gasteiger partial charge in [-0.05, 0) is 43.7 Å². The van der Waals surface area contributed by atoms with E-state index in [0.29, 0.717) is 12.1 Å². The molecule has 0 saturated heterocycles. The van der Waals surface area contributed by atoms with Crippen LogP contribution in [0.4, 0.5) is 8.78 Å². The molecule has 0 aliphatic rings. The average Bonchev–Trinajstić information content (AvgIpc) is 2.64. The van der Waals surface area contributed by atoms with Crippen molar-refractivity contribution in [1.29, 1.82) is 0 Å². The van der Waals surface area contributed by atoms with Crippen LogP contribution in [-0.2, 0) is 22.6 Å². The Hall–Kier alpha value is -2.47. The molecular weight excluding hydrogens is 374 g/mol. The van der Waals surface area contributed by atoms with Gasteiger partial charge in [-0.3, -0.25) is 9.59 Å². The molecule has 0 aliphatic carbocycles. The number of nitrogens with one attached hydrogen (secondary N) is 1. The smallest absolute Gasteiger partial charge is 0.242 e. The number of likely N-dealkylation sites (N-methyl/N-ethyl adjacent to an activating group) is 1. The van der Waals surface area contributed by atoms with Crippen molar-refractivity contribution in [3.05, 3.63) is 70.2 Å². The number of nitrogens with zero attached hydrogens (tertiary/aromatic N) is 1. The molecule has 27 heavy (non-hydrogen) atoms. The zero-order valence-electron chi connectivity index (χ0n) is 15.1. The van der Waals surface area contributed by atoms with Gasteiger partial charge >= 0.3 is 0 Å². The predicted octanol–water partition coefficient (Wildman–Crippen LogP) is 3.71. The molecule has 0 aliphatic heterocycles. The van der Waals surface area contributed by atoms with Crippen LogP contribution in [0.25, 0.3) is 0 Å². The Kier molecular flexibility index (Phi) is 7.30. The summed E-state index contributed by atoms with van der Waals surface area (Å²) >= 11 is 6.02. The topological polar surface area (TPSA) is 49.4 Å². The molecule has 2 rings (SSSR count). The lowest BCUT2D eigenvalue weighted by molar-refractivity contribution is -0.140. The van der Waals surface area contributed by atoms with Gasteiger partial charge in [0.2, 0.25) is 11.8 Å². The average molecular weight is 395 g/mol. The third-order valence-electron chi connectivity index (χ3n) is 4.17. The molecule has 0 radical (unpaired) electrons. The maximum Gasteiger partial charge on any atom is 0.242 e. The number of rotatable bonds is 7. The highest BCUT2D eigenvalue weighted by Gasteiger charge is 2.27. The minimum absolute atomic E-state index is 0.0800. The summed E-state index contributed by atoms with van der Waals surface area (Å²) in [5.74, 6) is -1.76. The fraction of sp³-hybridized carbons (Fsp3) is 0.300. The number of carbonyl (C=O) groups is 2. The third kappa shape index (κ3) is 5.50. The molecule has 0 unspecified atom stereocenters. The van der Waals surface area contributed by atoms with Gasteiger partial charge in [-0.25, -0.2) is 8.78 Å². The van der Waals surface area contributed by atoms with Crippen LogP contribution >= 0.6 is 11.6 Å². The van der Waals surface area contributed by atoms with E-state index in [9.17, 15) is 18.4 Å². The summed E-state index contributed by atoms with van der Waals surface area (Å²) in [5.41, 5.74) is 0.733. The highest BCUT2D eigenvalue weighted by atomic mass is 35.5. The molecule has 1 atom stereocenters. The molecule has 2 aromatic carbocycles. The quantitative estimate of drug-likeness (QED) is 0.778. The van der Waals surface area contributed by atoms with Crippen LogP contribution in [0.2, 0.25) is 5.02 Å². The van der Waals surface area contributed by atoms with Gasteiger partial charge in [-0.2, -0.15) is 0 Å². The lowest BCUT2D eigenvalue weighted by Gasteiger charge is -2.29. The molecule has 0 aromatic heterocycles. The Bertz CT molecular complexity index is 792. The van der Waals surface area contributed by atoms with Gasteiger partial charge < -0.3 is 10.2 Å². The third-order valence-corrected chi connectivity index (χ3v) is 4.53. The highest BCUT2D eigenvalue weighted by molar-refractivity contribution is 6.31. The summed E-state index contributed by atoms with van der Waals surface area (Å²) in [6.07, 6.45) is -0.281. The van der Waals surface area contributed by atoms with E-state index in [1.807, 2.05) is 0 Å². The lowest BCUT2D eigenvalue weighted by atomic mass is 10.1. The zero-order chi connectivity index (χ0) is 20.0. The van der Waals surface area contributed by atoms with E-state index in [0.717, 1.165) is 0 Å². The van der Waals surface area contributed by atoms with Crippen molar-refractivity contribution in [2.75, 3.05) is 6.54 Å². The minimum Gasteiger partial charge on any atom is -0.355 e. The number of hydrogen-bond acceptors (Lipinski definition) is 2. The molecule has 0 bridgehead atoms. The molecule has 7 heteroatoms. The summed E-state index contributed by atoms with van der Waals surface area (Å²) in [5, 5.41) is 2.82. The molecule has 0 fully saturated rings. The van der Waals surface area contributed by atoms with E-state index >= 15 is 0 Å². The Morgan fingerprint density at radius 3 is 2.41 bits per heavy atom. The van der Waals surface area contributed by atoms with Gasteiger partial charge in [0.25, 0.3) is 0 Å². The van der Waals surface area contributed by atoms with Crippen molar-refractivity contribution in [3.63, 3.8) is 0 Å². The summed E-state index contributed by atoms with van der Waals surface area (Å²) in [6, 6.07) is 9.04. The fourth-order valence-corrected chi connectivity index (χ4v) is 2.87.